The molecule has 29 heavy (non-hydrogen) atoms. The van der Waals surface area contributed by atoms with Gasteiger partial charge in [0.05, 0.1) is 17.1 Å². The number of carbonyl (C=O) groups is 1. The van der Waals surface area contributed by atoms with Gasteiger partial charge < -0.3 is 4.90 Å². The second-order valence-corrected chi connectivity index (χ2v) is 9.44. The summed E-state index contributed by atoms with van der Waals surface area (Å²) in [6.45, 7) is 4.77. The molecule has 6 nitrogen and oxygen atoms in total. The van der Waals surface area contributed by atoms with E-state index in [4.69, 9.17) is 0 Å². The maximum absolute atomic E-state index is 13.5. The first kappa shape index (κ1) is 19.8. The van der Waals surface area contributed by atoms with Crippen molar-refractivity contribution in [3.8, 4) is 0 Å². The first-order valence-electron chi connectivity index (χ1n) is 9.92. The molecule has 2 aromatic rings. The van der Waals surface area contributed by atoms with Crippen LogP contribution in [0.5, 0.6) is 0 Å². The average molecular weight is 412 g/mol. The van der Waals surface area contributed by atoms with Crippen LogP contribution < -0.4 is 0 Å². The number of pyridine rings is 1. The zero-order chi connectivity index (χ0) is 20.4. The van der Waals surface area contributed by atoms with Crippen LogP contribution in [0.4, 0.5) is 0 Å². The molecule has 0 aliphatic carbocycles. The van der Waals surface area contributed by atoms with Gasteiger partial charge in [-0.1, -0.05) is 30.3 Å². The molecule has 1 unspecified atom stereocenters. The molecule has 0 saturated carbocycles. The molecule has 3 heterocycles. The van der Waals surface area contributed by atoms with Crippen molar-refractivity contribution in [3.05, 3.63) is 73.1 Å². The van der Waals surface area contributed by atoms with Gasteiger partial charge in [-0.2, -0.15) is 4.31 Å². The summed E-state index contributed by atoms with van der Waals surface area (Å²) in [6.07, 6.45) is 5.58. The zero-order valence-corrected chi connectivity index (χ0v) is 17.0. The summed E-state index contributed by atoms with van der Waals surface area (Å²) in [5.41, 5.74) is 0.789. The van der Waals surface area contributed by atoms with Crippen molar-refractivity contribution in [2.45, 2.75) is 42.8 Å². The number of sulfonamides is 1. The molecule has 2 aliphatic rings. The Kier molecular flexibility index (Phi) is 5.52. The van der Waals surface area contributed by atoms with Crippen LogP contribution in [0.15, 0.2) is 72.3 Å². The third-order valence-corrected chi connectivity index (χ3v) is 7.78. The predicted octanol–water partition coefficient (Wildman–Crippen LogP) is 2.84. The van der Waals surface area contributed by atoms with Gasteiger partial charge in [0.15, 0.2) is 0 Å². The summed E-state index contributed by atoms with van der Waals surface area (Å²) in [7, 11) is -3.79. The Morgan fingerprint density at radius 1 is 1.10 bits per heavy atom. The van der Waals surface area contributed by atoms with E-state index in [1.807, 2.05) is 18.2 Å². The molecule has 152 valence electrons. The lowest BCUT2D eigenvalue weighted by atomic mass is 9.90. The molecule has 2 saturated heterocycles. The highest BCUT2D eigenvalue weighted by Gasteiger charge is 2.49. The van der Waals surface area contributed by atoms with Gasteiger partial charge in [0.2, 0.25) is 15.9 Å². The zero-order valence-electron chi connectivity index (χ0n) is 16.2. The second kappa shape index (κ2) is 8.08. The van der Waals surface area contributed by atoms with Crippen LogP contribution in [0.2, 0.25) is 0 Å². The van der Waals surface area contributed by atoms with Crippen molar-refractivity contribution >= 4 is 15.9 Å². The Bertz CT molecular complexity index is 979. The molecule has 1 aromatic heterocycles. The maximum atomic E-state index is 13.5. The summed E-state index contributed by atoms with van der Waals surface area (Å²) in [4.78, 5) is 19.8. The number of nitrogens with zero attached hydrogens (tertiary/aromatic N) is 3. The van der Waals surface area contributed by atoms with Crippen LogP contribution in [0.1, 0.15) is 25.0 Å². The molecule has 2 fully saturated rings. The van der Waals surface area contributed by atoms with Crippen LogP contribution in [0.3, 0.4) is 0 Å². The minimum absolute atomic E-state index is 0.133. The highest BCUT2D eigenvalue weighted by atomic mass is 32.2. The Balaban J connectivity index is 1.74. The predicted molar refractivity (Wildman–Crippen MR) is 110 cm³/mol. The van der Waals surface area contributed by atoms with E-state index in [-0.39, 0.29) is 22.8 Å². The number of fused-ring (bicyclic) bond motifs is 2. The summed E-state index contributed by atoms with van der Waals surface area (Å²) >= 11 is 0. The summed E-state index contributed by atoms with van der Waals surface area (Å²) in [5, 5.41) is 0. The van der Waals surface area contributed by atoms with Gasteiger partial charge in [0.1, 0.15) is 6.04 Å². The van der Waals surface area contributed by atoms with Crippen molar-refractivity contribution in [2.24, 2.45) is 5.92 Å². The lowest BCUT2D eigenvalue weighted by molar-refractivity contribution is -0.135. The Morgan fingerprint density at radius 3 is 2.55 bits per heavy atom. The highest BCUT2D eigenvalue weighted by molar-refractivity contribution is 7.89. The molecule has 7 heteroatoms. The minimum Gasteiger partial charge on any atom is -0.335 e. The van der Waals surface area contributed by atoms with Crippen LogP contribution in [-0.2, 0) is 21.4 Å². The van der Waals surface area contributed by atoms with E-state index in [2.05, 4.69) is 11.6 Å². The molecule has 2 bridgehead atoms. The van der Waals surface area contributed by atoms with Crippen molar-refractivity contribution in [1.29, 1.82) is 0 Å². The third kappa shape index (κ3) is 3.72. The number of piperidine rings is 1. The van der Waals surface area contributed by atoms with Gasteiger partial charge in [-0.25, -0.2) is 8.42 Å². The Labute approximate surface area is 171 Å². The van der Waals surface area contributed by atoms with Gasteiger partial charge in [0, 0.05) is 24.7 Å². The van der Waals surface area contributed by atoms with Crippen LogP contribution >= 0.6 is 0 Å². The van der Waals surface area contributed by atoms with Gasteiger partial charge in [0.25, 0.3) is 0 Å². The van der Waals surface area contributed by atoms with Crippen molar-refractivity contribution in [1.82, 2.24) is 14.2 Å². The van der Waals surface area contributed by atoms with Crippen LogP contribution in [0.25, 0.3) is 0 Å². The molecule has 3 atom stereocenters. The monoisotopic (exact) mass is 411 g/mol. The van der Waals surface area contributed by atoms with Crippen molar-refractivity contribution in [3.63, 3.8) is 0 Å². The van der Waals surface area contributed by atoms with Crippen molar-refractivity contribution < 1.29 is 13.2 Å². The summed E-state index contributed by atoms with van der Waals surface area (Å²) in [5.74, 6) is -0.282. The maximum Gasteiger partial charge on any atom is 0.244 e. The molecular weight excluding hydrogens is 386 g/mol. The van der Waals surface area contributed by atoms with E-state index in [9.17, 15) is 13.2 Å². The lowest BCUT2D eigenvalue weighted by Crippen LogP contribution is -2.54. The summed E-state index contributed by atoms with van der Waals surface area (Å²) < 4.78 is 28.5. The van der Waals surface area contributed by atoms with Crippen LogP contribution in [0, 0.1) is 5.92 Å². The number of aromatic nitrogens is 1. The first-order valence-corrected chi connectivity index (χ1v) is 11.4. The van der Waals surface area contributed by atoms with Gasteiger partial charge in [-0.15, -0.1) is 6.58 Å². The first-order chi connectivity index (χ1) is 14.0. The minimum atomic E-state index is -3.79. The normalized spacial score (nSPS) is 25.4. The lowest BCUT2D eigenvalue weighted by Gasteiger charge is -2.40. The number of rotatable bonds is 5. The Hall–Kier alpha value is -2.51. The number of benzene rings is 1. The van der Waals surface area contributed by atoms with E-state index in [1.165, 1.54) is 4.31 Å². The number of hydrogen-bond donors (Lipinski definition) is 0. The van der Waals surface area contributed by atoms with Crippen molar-refractivity contribution in [2.75, 3.05) is 6.54 Å². The topological polar surface area (TPSA) is 70.6 Å². The van der Waals surface area contributed by atoms with Gasteiger partial charge in [-0.05, 0) is 43.5 Å². The molecule has 0 spiro atoms. The molecule has 4 rings (SSSR count). The number of hydrogen-bond acceptors (Lipinski definition) is 4. The Morgan fingerprint density at radius 2 is 1.86 bits per heavy atom. The summed E-state index contributed by atoms with van der Waals surface area (Å²) in [6, 6.07) is 13.0. The smallest absolute Gasteiger partial charge is 0.244 e. The van der Waals surface area contributed by atoms with Gasteiger partial charge in [-0.3, -0.25) is 9.78 Å². The van der Waals surface area contributed by atoms with E-state index in [1.54, 1.807) is 47.5 Å². The molecule has 0 N–H and O–H groups in total. The SMILES string of the molecule is C=C[C@H]1CN(Cc2ccccn2)C(=O)C2CCC[C@@H]1N2S(=O)(=O)c1ccccc1. The standard InChI is InChI=1S/C22H25N3O3S/c1-2-17-15-24(16-18-9-6-7-14-23-18)22(26)21-13-8-12-20(17)25(21)29(27,28)19-10-4-3-5-11-19/h2-7,9-11,14,17,20-21H,1,8,12-13,15-16H2/t17-,20-,21?/m0/s1. The van der Waals surface area contributed by atoms with Gasteiger partial charge >= 0.3 is 0 Å². The van der Waals surface area contributed by atoms with E-state index in [0.717, 1.165) is 18.5 Å². The number of amides is 1. The fourth-order valence-corrected chi connectivity index (χ4v) is 6.33. The average Bonchev–Trinajstić information content (AvgIpc) is 2.82. The molecule has 0 radical (unpaired) electrons. The van der Waals surface area contributed by atoms with Crippen LogP contribution in [-0.4, -0.2) is 47.1 Å². The highest BCUT2D eigenvalue weighted by Crippen LogP contribution is 2.37. The fourth-order valence-electron chi connectivity index (χ4n) is 4.44. The second-order valence-electron chi connectivity index (χ2n) is 7.60. The third-order valence-electron chi connectivity index (χ3n) is 5.83. The molecule has 2 aliphatic heterocycles. The molecule has 1 amide bonds. The quantitative estimate of drug-likeness (QED) is 0.710. The fraction of sp³-hybridized carbons (Fsp3) is 0.364. The number of carbonyl (C=O) groups excluding carboxylic acids is 1. The molecule has 1 aromatic carbocycles. The largest absolute Gasteiger partial charge is 0.335 e. The van der Waals surface area contributed by atoms with E-state index < -0.39 is 16.1 Å². The van der Waals surface area contributed by atoms with E-state index >= 15 is 0 Å². The molecular formula is C22H25N3O3S. The van der Waals surface area contributed by atoms with E-state index in [0.29, 0.717) is 19.5 Å².